The van der Waals surface area contributed by atoms with Crippen molar-refractivity contribution < 1.29 is 4.39 Å². The third-order valence-corrected chi connectivity index (χ3v) is 3.18. The van der Waals surface area contributed by atoms with E-state index >= 15 is 0 Å². The zero-order valence-corrected chi connectivity index (χ0v) is 9.89. The van der Waals surface area contributed by atoms with Gasteiger partial charge in [-0.05, 0) is 51.1 Å². The van der Waals surface area contributed by atoms with Gasteiger partial charge in [0.15, 0.2) is 0 Å². The van der Waals surface area contributed by atoms with Gasteiger partial charge in [0.2, 0.25) is 0 Å². The van der Waals surface area contributed by atoms with Gasteiger partial charge >= 0.3 is 0 Å². The highest BCUT2D eigenvalue weighted by Gasteiger charge is 2.26. The second-order valence-electron chi connectivity index (χ2n) is 4.78. The predicted octanol–water partition coefficient (Wildman–Crippen LogP) is 2.25. The van der Waals surface area contributed by atoms with Crippen molar-refractivity contribution in [2.75, 3.05) is 18.4 Å². The molecule has 0 aliphatic carbocycles. The molecule has 0 atom stereocenters. The van der Waals surface area contributed by atoms with E-state index in [2.05, 4.69) is 17.6 Å². The average molecular weight is 233 g/mol. The Balaban J connectivity index is 2.17. The van der Waals surface area contributed by atoms with Crippen LogP contribution >= 0.6 is 0 Å². The van der Waals surface area contributed by atoms with Crippen LogP contribution in [-0.4, -0.2) is 18.6 Å². The number of benzene rings is 1. The van der Waals surface area contributed by atoms with Crippen LogP contribution in [0, 0.1) is 17.1 Å². The quantitative estimate of drug-likeness (QED) is 0.823. The lowest BCUT2D eigenvalue weighted by molar-refractivity contribution is 0.365. The highest BCUT2D eigenvalue weighted by atomic mass is 19.1. The molecule has 2 N–H and O–H groups in total. The van der Waals surface area contributed by atoms with Gasteiger partial charge in [0.25, 0.3) is 0 Å². The van der Waals surface area contributed by atoms with Crippen LogP contribution in [0.1, 0.15) is 25.3 Å². The number of nitrogens with zero attached hydrogens (tertiary/aromatic N) is 1. The van der Waals surface area contributed by atoms with Gasteiger partial charge < -0.3 is 10.6 Å². The van der Waals surface area contributed by atoms with Crippen molar-refractivity contribution in [3.8, 4) is 6.07 Å². The van der Waals surface area contributed by atoms with E-state index in [-0.39, 0.29) is 11.4 Å². The Labute approximate surface area is 101 Å². The molecular formula is C13H16FN3. The Kier molecular flexibility index (Phi) is 3.30. The van der Waals surface area contributed by atoms with Crippen LogP contribution in [0.2, 0.25) is 0 Å². The number of rotatable bonds is 2. The van der Waals surface area contributed by atoms with Crippen molar-refractivity contribution >= 4 is 5.69 Å². The van der Waals surface area contributed by atoms with Crippen molar-refractivity contribution in [3.63, 3.8) is 0 Å². The summed E-state index contributed by atoms with van der Waals surface area (Å²) in [5.41, 5.74) is 1.02. The first-order valence-corrected chi connectivity index (χ1v) is 5.81. The molecule has 2 rings (SSSR count). The van der Waals surface area contributed by atoms with E-state index in [0.29, 0.717) is 11.3 Å². The number of hydrogen-bond donors (Lipinski definition) is 2. The summed E-state index contributed by atoms with van der Waals surface area (Å²) in [7, 11) is 0. The molecule has 1 saturated heterocycles. The first kappa shape index (κ1) is 11.9. The van der Waals surface area contributed by atoms with Gasteiger partial charge in [-0.1, -0.05) is 0 Å². The first-order chi connectivity index (χ1) is 8.11. The van der Waals surface area contributed by atoms with Gasteiger partial charge in [-0.15, -0.1) is 0 Å². The Morgan fingerprint density at radius 3 is 2.71 bits per heavy atom. The van der Waals surface area contributed by atoms with E-state index in [1.165, 1.54) is 12.1 Å². The summed E-state index contributed by atoms with van der Waals surface area (Å²) in [5, 5.41) is 15.4. The van der Waals surface area contributed by atoms with Crippen molar-refractivity contribution in [1.29, 1.82) is 5.26 Å². The smallest absolute Gasteiger partial charge is 0.126 e. The molecule has 1 heterocycles. The molecule has 0 aromatic heterocycles. The van der Waals surface area contributed by atoms with E-state index in [4.69, 9.17) is 5.26 Å². The summed E-state index contributed by atoms with van der Waals surface area (Å²) in [6, 6.07) is 6.34. The molecule has 1 aromatic rings. The zero-order chi connectivity index (χ0) is 12.3. The Hall–Kier alpha value is -1.60. The maximum Gasteiger partial charge on any atom is 0.126 e. The molecule has 0 radical (unpaired) electrons. The van der Waals surface area contributed by atoms with Crippen LogP contribution in [0.4, 0.5) is 10.1 Å². The fourth-order valence-corrected chi connectivity index (χ4v) is 2.18. The molecular weight excluding hydrogens is 217 g/mol. The van der Waals surface area contributed by atoms with Gasteiger partial charge in [0.05, 0.1) is 11.6 Å². The van der Waals surface area contributed by atoms with Gasteiger partial charge in [0, 0.05) is 11.2 Å². The van der Waals surface area contributed by atoms with Crippen LogP contribution in [0.3, 0.4) is 0 Å². The van der Waals surface area contributed by atoms with Gasteiger partial charge in [0.1, 0.15) is 5.82 Å². The fourth-order valence-electron chi connectivity index (χ4n) is 2.18. The lowest BCUT2D eigenvalue weighted by Crippen LogP contribution is -2.45. The number of hydrogen-bond acceptors (Lipinski definition) is 3. The maximum atomic E-state index is 13.3. The number of halogens is 1. The Morgan fingerprint density at radius 2 is 2.06 bits per heavy atom. The highest BCUT2D eigenvalue weighted by molar-refractivity contribution is 5.51. The minimum atomic E-state index is -0.371. The summed E-state index contributed by atoms with van der Waals surface area (Å²) in [6.45, 7) is 4.05. The molecule has 0 unspecified atom stereocenters. The normalized spacial score (nSPS) is 18.4. The summed E-state index contributed by atoms with van der Waals surface area (Å²) >= 11 is 0. The molecule has 4 heteroatoms. The lowest BCUT2D eigenvalue weighted by Gasteiger charge is -2.36. The molecule has 3 nitrogen and oxygen atoms in total. The second-order valence-corrected chi connectivity index (χ2v) is 4.78. The Morgan fingerprint density at radius 1 is 1.35 bits per heavy atom. The van der Waals surface area contributed by atoms with Gasteiger partial charge in [-0.3, -0.25) is 0 Å². The molecule has 90 valence electrons. The fraction of sp³-hybridized carbons (Fsp3) is 0.462. The number of nitriles is 1. The van der Waals surface area contributed by atoms with E-state index in [9.17, 15) is 4.39 Å². The molecule has 0 bridgehead atoms. The Bertz CT molecular complexity index is 444. The molecule has 1 aromatic carbocycles. The lowest BCUT2D eigenvalue weighted by atomic mass is 9.90. The summed E-state index contributed by atoms with van der Waals surface area (Å²) in [4.78, 5) is 0. The van der Waals surface area contributed by atoms with Crippen molar-refractivity contribution in [1.82, 2.24) is 5.32 Å². The van der Waals surface area contributed by atoms with Gasteiger partial charge in [-0.25, -0.2) is 4.39 Å². The molecule has 1 fully saturated rings. The van der Waals surface area contributed by atoms with E-state index in [1.54, 1.807) is 6.07 Å². The summed E-state index contributed by atoms with van der Waals surface area (Å²) in [6.07, 6.45) is 1.98. The molecule has 0 amide bonds. The monoisotopic (exact) mass is 233 g/mol. The zero-order valence-electron chi connectivity index (χ0n) is 9.89. The number of anilines is 1. The molecule has 0 spiro atoms. The third-order valence-electron chi connectivity index (χ3n) is 3.18. The largest absolute Gasteiger partial charge is 0.380 e. The van der Waals surface area contributed by atoms with Crippen molar-refractivity contribution in [3.05, 3.63) is 29.6 Å². The second kappa shape index (κ2) is 4.72. The van der Waals surface area contributed by atoms with Gasteiger partial charge in [-0.2, -0.15) is 5.26 Å². The molecule has 17 heavy (non-hydrogen) atoms. The minimum absolute atomic E-state index is 0.0221. The molecule has 0 saturated carbocycles. The standard InChI is InChI=1S/C13H16FN3/c1-13(2-4-16-5-3-13)17-12-7-10(9-15)6-11(14)8-12/h6-8,16-17H,2-5H2,1H3. The SMILES string of the molecule is CC1(Nc2cc(F)cc(C#N)c2)CCNCC1. The predicted molar refractivity (Wildman–Crippen MR) is 65.2 cm³/mol. The third kappa shape index (κ3) is 2.95. The number of nitrogens with one attached hydrogen (secondary N) is 2. The maximum absolute atomic E-state index is 13.3. The van der Waals surface area contributed by atoms with E-state index in [0.717, 1.165) is 25.9 Å². The minimum Gasteiger partial charge on any atom is -0.380 e. The van der Waals surface area contributed by atoms with Crippen LogP contribution in [0.5, 0.6) is 0 Å². The van der Waals surface area contributed by atoms with Crippen molar-refractivity contribution in [2.24, 2.45) is 0 Å². The highest BCUT2D eigenvalue weighted by Crippen LogP contribution is 2.24. The van der Waals surface area contributed by atoms with E-state index < -0.39 is 0 Å². The first-order valence-electron chi connectivity index (χ1n) is 5.81. The summed E-state index contributed by atoms with van der Waals surface area (Å²) < 4.78 is 13.3. The van der Waals surface area contributed by atoms with E-state index in [1.807, 2.05) is 6.07 Å². The number of piperidine rings is 1. The van der Waals surface area contributed by atoms with Crippen molar-refractivity contribution in [2.45, 2.75) is 25.3 Å². The van der Waals surface area contributed by atoms with Crippen LogP contribution in [-0.2, 0) is 0 Å². The van der Waals surface area contributed by atoms with Crippen LogP contribution < -0.4 is 10.6 Å². The molecule has 1 aliphatic heterocycles. The van der Waals surface area contributed by atoms with Crippen LogP contribution in [0.15, 0.2) is 18.2 Å². The topological polar surface area (TPSA) is 47.9 Å². The van der Waals surface area contributed by atoms with Crippen LogP contribution in [0.25, 0.3) is 0 Å². The summed E-state index contributed by atoms with van der Waals surface area (Å²) in [5.74, 6) is -0.371. The average Bonchev–Trinajstić information content (AvgIpc) is 2.28. The molecule has 1 aliphatic rings.